The summed E-state index contributed by atoms with van der Waals surface area (Å²) in [7, 11) is 0. The normalized spacial score (nSPS) is 13.7. The summed E-state index contributed by atoms with van der Waals surface area (Å²) in [6, 6.07) is 26.5. The van der Waals surface area contributed by atoms with Crippen molar-refractivity contribution >= 4 is 17.4 Å². The van der Waals surface area contributed by atoms with Crippen LogP contribution in [0.5, 0.6) is 5.75 Å². The van der Waals surface area contributed by atoms with Gasteiger partial charge in [0.2, 0.25) is 5.76 Å². The minimum absolute atomic E-state index is 0.209. The molecule has 0 radical (unpaired) electrons. The number of hydrogen-bond acceptors (Lipinski definition) is 6. The summed E-state index contributed by atoms with van der Waals surface area (Å²) >= 11 is 0. The van der Waals surface area contributed by atoms with Gasteiger partial charge in [0.25, 0.3) is 0 Å². The first-order chi connectivity index (χ1) is 17.1. The first-order valence-corrected chi connectivity index (χ1v) is 11.5. The summed E-state index contributed by atoms with van der Waals surface area (Å²) < 4.78 is 11.6. The van der Waals surface area contributed by atoms with Gasteiger partial charge in [0.1, 0.15) is 11.5 Å². The van der Waals surface area contributed by atoms with Crippen LogP contribution in [0.4, 0.5) is 5.69 Å². The lowest BCUT2D eigenvalue weighted by atomic mass is 9.93. The third kappa shape index (κ3) is 4.71. The molecule has 3 aromatic carbocycles. The van der Waals surface area contributed by atoms with Crippen LogP contribution in [0.3, 0.4) is 0 Å². The third-order valence-electron chi connectivity index (χ3n) is 6.02. The molecule has 0 amide bonds. The maximum Gasteiger partial charge on any atom is 0.379 e. The molecule has 4 aromatic rings. The molecule has 1 aliphatic rings. The van der Waals surface area contributed by atoms with Crippen molar-refractivity contribution in [1.29, 1.82) is 5.26 Å². The molecular weight excluding hydrogens is 438 g/mol. The van der Waals surface area contributed by atoms with Gasteiger partial charge >= 0.3 is 5.97 Å². The number of benzene rings is 3. The fourth-order valence-corrected chi connectivity index (χ4v) is 4.23. The van der Waals surface area contributed by atoms with Crippen LogP contribution >= 0.6 is 0 Å². The average Bonchev–Trinajstić information content (AvgIpc) is 3.26. The quantitative estimate of drug-likeness (QED) is 0.208. The van der Waals surface area contributed by atoms with E-state index in [1.165, 1.54) is 0 Å². The Morgan fingerprint density at radius 2 is 1.66 bits per heavy atom. The Kier molecular flexibility index (Phi) is 6.15. The molecule has 0 atom stereocenters. The van der Waals surface area contributed by atoms with E-state index >= 15 is 0 Å². The van der Waals surface area contributed by atoms with E-state index in [0.717, 1.165) is 58.7 Å². The second-order valence-electron chi connectivity index (χ2n) is 8.35. The Morgan fingerprint density at radius 3 is 2.34 bits per heavy atom. The predicted molar refractivity (Wildman–Crippen MR) is 135 cm³/mol. The van der Waals surface area contributed by atoms with Gasteiger partial charge in [-0.1, -0.05) is 42.5 Å². The standard InChI is InChI=1S/C29H23N3O3/c1-19-27-25(32-31-23-6-3-2-4-7-23)8-5-9-26(27)35-28(19)29(33)34-24-16-14-22(15-17-24)21-12-10-20(18-30)11-13-21/h2-4,6-7,10-17,31H,5,8-9H2,1H3/b32-25+. The van der Waals surface area contributed by atoms with Gasteiger partial charge in [0, 0.05) is 17.5 Å². The van der Waals surface area contributed by atoms with Crippen LogP contribution in [0.15, 0.2) is 88.4 Å². The SMILES string of the molecule is Cc1c(C(=O)Oc2ccc(-c3ccc(C#N)cc3)cc2)oc2c1/C(=N/Nc1ccccc1)CCC2. The zero-order valence-corrected chi connectivity index (χ0v) is 19.2. The fraction of sp³-hybridized carbons (Fsp3) is 0.138. The van der Waals surface area contributed by atoms with E-state index in [-0.39, 0.29) is 5.76 Å². The van der Waals surface area contributed by atoms with E-state index in [0.29, 0.717) is 11.3 Å². The monoisotopic (exact) mass is 461 g/mol. The molecule has 0 bridgehead atoms. The number of hydrogen-bond donors (Lipinski definition) is 1. The van der Waals surface area contributed by atoms with Crippen LogP contribution in [0.25, 0.3) is 11.1 Å². The van der Waals surface area contributed by atoms with Gasteiger partial charge in [-0.3, -0.25) is 5.43 Å². The molecule has 6 nitrogen and oxygen atoms in total. The largest absolute Gasteiger partial charge is 0.453 e. The van der Waals surface area contributed by atoms with E-state index in [1.807, 2.05) is 61.5 Å². The Balaban J connectivity index is 1.33. The van der Waals surface area contributed by atoms with Crippen molar-refractivity contribution < 1.29 is 13.9 Å². The number of rotatable bonds is 5. The lowest BCUT2D eigenvalue weighted by Gasteiger charge is -2.13. The molecule has 0 saturated carbocycles. The summed E-state index contributed by atoms with van der Waals surface area (Å²) in [5.41, 5.74) is 9.07. The Bertz CT molecular complexity index is 1430. The van der Waals surface area contributed by atoms with Crippen LogP contribution in [0, 0.1) is 18.3 Å². The van der Waals surface area contributed by atoms with Crippen LogP contribution in [0.1, 0.15) is 45.8 Å². The van der Waals surface area contributed by atoms with E-state index in [9.17, 15) is 4.79 Å². The van der Waals surface area contributed by atoms with Crippen LogP contribution in [0.2, 0.25) is 0 Å². The number of carbonyl (C=O) groups is 1. The highest BCUT2D eigenvalue weighted by molar-refractivity contribution is 6.06. The molecule has 0 unspecified atom stereocenters. The van der Waals surface area contributed by atoms with Crippen LogP contribution < -0.4 is 10.2 Å². The van der Waals surface area contributed by atoms with E-state index in [4.69, 9.17) is 14.4 Å². The molecule has 1 aromatic heterocycles. The number of ether oxygens (including phenoxy) is 1. The Morgan fingerprint density at radius 1 is 0.971 bits per heavy atom. The predicted octanol–water partition coefficient (Wildman–Crippen LogP) is 6.50. The van der Waals surface area contributed by atoms with Crippen molar-refractivity contribution in [2.45, 2.75) is 26.2 Å². The van der Waals surface area contributed by atoms with Crippen molar-refractivity contribution in [3.63, 3.8) is 0 Å². The molecule has 0 saturated heterocycles. The number of nitriles is 1. The van der Waals surface area contributed by atoms with Crippen molar-refractivity contribution in [1.82, 2.24) is 0 Å². The maximum absolute atomic E-state index is 13.0. The molecule has 6 heteroatoms. The smallest absolute Gasteiger partial charge is 0.379 e. The minimum atomic E-state index is -0.529. The van der Waals surface area contributed by atoms with Crippen molar-refractivity contribution in [2.24, 2.45) is 5.10 Å². The molecule has 0 spiro atoms. The summed E-state index contributed by atoms with van der Waals surface area (Å²) in [5, 5.41) is 13.6. The highest BCUT2D eigenvalue weighted by atomic mass is 16.5. The lowest BCUT2D eigenvalue weighted by molar-refractivity contribution is 0.0698. The zero-order valence-electron chi connectivity index (χ0n) is 19.2. The number of nitrogens with zero attached hydrogens (tertiary/aromatic N) is 2. The van der Waals surface area contributed by atoms with Gasteiger partial charge < -0.3 is 9.15 Å². The first kappa shape index (κ1) is 22.2. The van der Waals surface area contributed by atoms with E-state index < -0.39 is 5.97 Å². The topological polar surface area (TPSA) is 87.6 Å². The summed E-state index contributed by atoms with van der Waals surface area (Å²) in [6.07, 6.45) is 2.46. The van der Waals surface area contributed by atoms with Crippen molar-refractivity contribution in [3.8, 4) is 22.9 Å². The van der Waals surface area contributed by atoms with Gasteiger partial charge in [-0.15, -0.1) is 0 Å². The summed E-state index contributed by atoms with van der Waals surface area (Å²) in [5.74, 6) is 0.880. The van der Waals surface area contributed by atoms with Crippen LogP contribution in [-0.2, 0) is 6.42 Å². The summed E-state index contributed by atoms with van der Waals surface area (Å²) in [6.45, 7) is 1.87. The van der Waals surface area contributed by atoms with Gasteiger partial charge in [-0.05, 0) is 67.3 Å². The number of hydrazone groups is 1. The number of esters is 1. The number of aryl methyl sites for hydroxylation is 1. The second-order valence-corrected chi connectivity index (χ2v) is 8.35. The summed E-state index contributed by atoms with van der Waals surface area (Å²) in [4.78, 5) is 13.0. The third-order valence-corrected chi connectivity index (χ3v) is 6.02. The Labute approximate surface area is 203 Å². The molecular formula is C29H23N3O3. The maximum atomic E-state index is 13.0. The highest BCUT2D eigenvalue weighted by Gasteiger charge is 2.29. The van der Waals surface area contributed by atoms with Crippen LogP contribution in [-0.4, -0.2) is 11.7 Å². The average molecular weight is 462 g/mol. The van der Waals surface area contributed by atoms with E-state index in [2.05, 4.69) is 16.6 Å². The number of fused-ring (bicyclic) bond motifs is 1. The molecule has 0 aliphatic heterocycles. The number of anilines is 1. The van der Waals surface area contributed by atoms with Gasteiger partial charge in [-0.25, -0.2) is 4.79 Å². The zero-order chi connectivity index (χ0) is 24.2. The van der Waals surface area contributed by atoms with Gasteiger partial charge in [0.05, 0.1) is 23.0 Å². The number of para-hydroxylation sites is 1. The van der Waals surface area contributed by atoms with Crippen molar-refractivity contribution in [2.75, 3.05) is 5.43 Å². The Hall–Kier alpha value is -4.63. The molecule has 5 rings (SSSR count). The van der Waals surface area contributed by atoms with Crippen molar-refractivity contribution in [3.05, 3.63) is 107 Å². The fourth-order valence-electron chi connectivity index (χ4n) is 4.23. The first-order valence-electron chi connectivity index (χ1n) is 11.5. The second kappa shape index (κ2) is 9.70. The molecule has 1 aliphatic carbocycles. The van der Waals surface area contributed by atoms with E-state index in [1.54, 1.807) is 24.3 Å². The molecule has 1 heterocycles. The number of carbonyl (C=O) groups excluding carboxylic acids is 1. The van der Waals surface area contributed by atoms with Gasteiger partial charge in [-0.2, -0.15) is 10.4 Å². The number of nitrogens with one attached hydrogen (secondary N) is 1. The molecule has 172 valence electrons. The molecule has 0 fully saturated rings. The molecule has 1 N–H and O–H groups in total. The molecule has 35 heavy (non-hydrogen) atoms. The van der Waals surface area contributed by atoms with Gasteiger partial charge in [0.15, 0.2) is 0 Å². The number of furan rings is 1. The minimum Gasteiger partial charge on any atom is -0.453 e. The highest BCUT2D eigenvalue weighted by Crippen LogP contribution is 2.31. The lowest BCUT2D eigenvalue weighted by Crippen LogP contribution is -2.13.